The summed E-state index contributed by atoms with van der Waals surface area (Å²) in [7, 11) is 1.36. The van der Waals surface area contributed by atoms with E-state index in [1.54, 1.807) is 0 Å². The largest absolute Gasteiger partial charge is 0.373 e. The fourth-order valence-electron chi connectivity index (χ4n) is 3.44. The zero-order valence-corrected chi connectivity index (χ0v) is 13.9. The monoisotopic (exact) mass is 305 g/mol. The maximum absolute atomic E-state index is 12.1. The topological polar surface area (TPSA) is 38.8 Å². The molecule has 1 unspecified atom stereocenters. The normalized spacial score (nSPS) is 17.4. The van der Waals surface area contributed by atoms with Crippen LogP contribution in [0.15, 0.2) is 18.2 Å². The van der Waals surface area contributed by atoms with E-state index in [0.717, 1.165) is 50.8 Å². The van der Waals surface area contributed by atoms with Gasteiger partial charge in [-0.15, -0.1) is 0 Å². The van der Waals surface area contributed by atoms with Crippen LogP contribution < -0.4 is 0 Å². The van der Waals surface area contributed by atoms with E-state index in [0.29, 0.717) is 11.6 Å². The Morgan fingerprint density at radius 2 is 2.00 bits per heavy atom. The molecule has 4 nitrogen and oxygen atoms in total. The first-order valence-corrected chi connectivity index (χ1v) is 8.31. The molecule has 1 aliphatic rings. The minimum atomic E-state index is -0.391. The second-order valence-corrected chi connectivity index (χ2v) is 5.91. The Bertz CT molecular complexity index is 495. The molecule has 0 saturated carbocycles. The van der Waals surface area contributed by atoms with Gasteiger partial charge >= 0.3 is 5.97 Å². The summed E-state index contributed by atoms with van der Waals surface area (Å²) in [5.41, 5.74) is 3.06. The third kappa shape index (κ3) is 3.87. The Morgan fingerprint density at radius 1 is 1.27 bits per heavy atom. The molecule has 1 aliphatic carbocycles. The smallest absolute Gasteiger partial charge is 0.300 e. The van der Waals surface area contributed by atoms with Gasteiger partial charge < -0.3 is 4.90 Å². The van der Waals surface area contributed by atoms with Gasteiger partial charge in [-0.3, -0.25) is 4.89 Å². The van der Waals surface area contributed by atoms with Crippen molar-refractivity contribution in [2.24, 2.45) is 0 Å². The second kappa shape index (κ2) is 8.30. The Labute approximate surface area is 133 Å². The van der Waals surface area contributed by atoms with Crippen LogP contribution in [0.3, 0.4) is 0 Å². The van der Waals surface area contributed by atoms with E-state index in [-0.39, 0.29) is 0 Å². The van der Waals surface area contributed by atoms with Gasteiger partial charge in [0.2, 0.25) is 0 Å². The highest BCUT2D eigenvalue weighted by Crippen LogP contribution is 2.28. The van der Waals surface area contributed by atoms with Gasteiger partial charge in [-0.05, 0) is 62.4 Å². The molecular weight excluding hydrogens is 278 g/mol. The van der Waals surface area contributed by atoms with E-state index in [9.17, 15) is 4.79 Å². The fourth-order valence-corrected chi connectivity index (χ4v) is 3.44. The van der Waals surface area contributed by atoms with Crippen LogP contribution in [-0.4, -0.2) is 37.1 Å². The molecule has 0 radical (unpaired) electrons. The van der Waals surface area contributed by atoms with Gasteiger partial charge in [-0.1, -0.05) is 26.0 Å². The minimum absolute atomic E-state index is 0.391. The van der Waals surface area contributed by atoms with Gasteiger partial charge in [0.05, 0.1) is 12.7 Å². The van der Waals surface area contributed by atoms with E-state index in [2.05, 4.69) is 29.7 Å². The first-order valence-electron chi connectivity index (χ1n) is 8.31. The molecule has 0 saturated heterocycles. The number of aryl methyl sites for hydroxylation is 1. The van der Waals surface area contributed by atoms with Crippen LogP contribution in [0, 0.1) is 0 Å². The summed E-state index contributed by atoms with van der Waals surface area (Å²) in [6, 6.07) is 6.41. The Morgan fingerprint density at radius 3 is 2.64 bits per heavy atom. The molecule has 1 aromatic carbocycles. The van der Waals surface area contributed by atoms with Crippen molar-refractivity contribution in [3.05, 3.63) is 34.9 Å². The van der Waals surface area contributed by atoms with Gasteiger partial charge in [0.1, 0.15) is 0 Å². The molecule has 0 heterocycles. The summed E-state index contributed by atoms with van der Waals surface area (Å²) in [5, 5.41) is 0. The van der Waals surface area contributed by atoms with Crippen LogP contribution >= 0.6 is 0 Å². The van der Waals surface area contributed by atoms with Crippen LogP contribution in [0.5, 0.6) is 0 Å². The summed E-state index contributed by atoms with van der Waals surface area (Å²) >= 11 is 0. The maximum atomic E-state index is 12.1. The van der Waals surface area contributed by atoms with Crippen molar-refractivity contribution in [1.29, 1.82) is 0 Å². The zero-order valence-electron chi connectivity index (χ0n) is 13.9. The van der Waals surface area contributed by atoms with Crippen LogP contribution in [0.25, 0.3) is 0 Å². The molecule has 0 amide bonds. The van der Waals surface area contributed by atoms with Crippen molar-refractivity contribution < 1.29 is 14.6 Å². The maximum Gasteiger partial charge on any atom is 0.373 e. The summed E-state index contributed by atoms with van der Waals surface area (Å²) in [4.78, 5) is 23.9. The molecule has 1 aromatic rings. The van der Waals surface area contributed by atoms with E-state index in [1.165, 1.54) is 12.7 Å². The molecule has 122 valence electrons. The summed E-state index contributed by atoms with van der Waals surface area (Å²) in [6.45, 7) is 6.69. The number of hydrogen-bond donors (Lipinski definition) is 0. The zero-order chi connectivity index (χ0) is 15.9. The molecule has 0 aliphatic heterocycles. The molecule has 0 aromatic heterocycles. The number of nitrogens with zero attached hydrogens (tertiary/aromatic N) is 1. The minimum Gasteiger partial charge on any atom is -0.300 e. The van der Waals surface area contributed by atoms with Crippen molar-refractivity contribution in [1.82, 2.24) is 4.90 Å². The quantitative estimate of drug-likeness (QED) is 0.572. The third-order valence-corrected chi connectivity index (χ3v) is 4.38. The summed E-state index contributed by atoms with van der Waals surface area (Å²) in [5.74, 6) is -0.391. The lowest BCUT2D eigenvalue weighted by Crippen LogP contribution is -2.40. The lowest BCUT2D eigenvalue weighted by molar-refractivity contribution is -0.216. The number of fused-ring (bicyclic) bond motifs is 1. The second-order valence-electron chi connectivity index (χ2n) is 5.91. The number of hydrogen-bond acceptors (Lipinski definition) is 4. The van der Waals surface area contributed by atoms with Crippen LogP contribution in [0.2, 0.25) is 0 Å². The molecular formula is C18H27NO3. The van der Waals surface area contributed by atoms with Gasteiger partial charge in [-0.25, -0.2) is 4.79 Å². The lowest BCUT2D eigenvalue weighted by atomic mass is 9.84. The summed E-state index contributed by atoms with van der Waals surface area (Å²) < 4.78 is 0. The van der Waals surface area contributed by atoms with Crippen LogP contribution in [0.1, 0.15) is 54.6 Å². The first-order chi connectivity index (χ1) is 10.7. The van der Waals surface area contributed by atoms with Gasteiger partial charge in [0, 0.05) is 6.04 Å². The molecule has 1 atom stereocenters. The predicted molar refractivity (Wildman–Crippen MR) is 86.8 cm³/mol. The molecule has 4 heteroatoms. The highest BCUT2D eigenvalue weighted by molar-refractivity contribution is 5.91. The van der Waals surface area contributed by atoms with Crippen molar-refractivity contribution in [2.45, 2.75) is 52.0 Å². The van der Waals surface area contributed by atoms with E-state index in [4.69, 9.17) is 4.89 Å². The standard InChI is InChI=1S/C18H27NO3/c1-4-11-19(12-5-2)15-10-9-14-7-6-8-16(17(14)13-15)18(20)22-21-3/h6-8,15H,4-5,9-13H2,1-3H3. The van der Waals surface area contributed by atoms with Gasteiger partial charge in [-0.2, -0.15) is 4.89 Å². The predicted octanol–water partition coefficient (Wildman–Crippen LogP) is 3.38. The van der Waals surface area contributed by atoms with E-state index >= 15 is 0 Å². The average molecular weight is 305 g/mol. The van der Waals surface area contributed by atoms with Crippen molar-refractivity contribution in [3.8, 4) is 0 Å². The third-order valence-electron chi connectivity index (χ3n) is 4.38. The van der Waals surface area contributed by atoms with Crippen LogP contribution in [-0.2, 0) is 22.6 Å². The molecule has 0 fully saturated rings. The summed E-state index contributed by atoms with van der Waals surface area (Å²) in [6.07, 6.45) is 5.44. The van der Waals surface area contributed by atoms with Gasteiger partial charge in [0.25, 0.3) is 0 Å². The van der Waals surface area contributed by atoms with Crippen LogP contribution in [0.4, 0.5) is 0 Å². The van der Waals surface area contributed by atoms with E-state index in [1.807, 2.05) is 12.1 Å². The number of benzene rings is 1. The molecule has 0 spiro atoms. The Kier molecular flexibility index (Phi) is 6.40. The highest BCUT2D eigenvalue weighted by Gasteiger charge is 2.27. The first kappa shape index (κ1) is 17.0. The number of rotatable bonds is 7. The van der Waals surface area contributed by atoms with Crippen molar-refractivity contribution in [3.63, 3.8) is 0 Å². The average Bonchev–Trinajstić information content (AvgIpc) is 2.54. The van der Waals surface area contributed by atoms with Crippen molar-refractivity contribution in [2.75, 3.05) is 20.2 Å². The molecule has 0 bridgehead atoms. The number of carbonyl (C=O) groups excluding carboxylic acids is 1. The molecule has 22 heavy (non-hydrogen) atoms. The molecule has 0 N–H and O–H groups in total. The van der Waals surface area contributed by atoms with Crippen molar-refractivity contribution >= 4 is 5.97 Å². The fraction of sp³-hybridized carbons (Fsp3) is 0.611. The number of carbonyl (C=O) groups is 1. The highest BCUT2D eigenvalue weighted by atomic mass is 17.2. The Hall–Kier alpha value is -1.39. The SMILES string of the molecule is CCCN(CCC)C1CCc2cccc(C(=O)OOC)c2C1. The lowest BCUT2D eigenvalue weighted by Gasteiger charge is -2.35. The Balaban J connectivity index is 2.22. The van der Waals surface area contributed by atoms with E-state index < -0.39 is 5.97 Å². The molecule has 2 rings (SSSR count). The van der Waals surface area contributed by atoms with Gasteiger partial charge in [0.15, 0.2) is 0 Å².